The molecule has 0 unspecified atom stereocenters. The van der Waals surface area contributed by atoms with Crippen LogP contribution in [0.25, 0.3) is 55.0 Å². The molecular formula is C43H31NO. The molecule has 1 heterocycles. The predicted molar refractivity (Wildman–Crippen MR) is 189 cm³/mol. The van der Waals surface area contributed by atoms with Crippen molar-refractivity contribution in [2.75, 3.05) is 4.90 Å². The van der Waals surface area contributed by atoms with Crippen molar-refractivity contribution in [1.29, 1.82) is 0 Å². The van der Waals surface area contributed by atoms with Crippen molar-refractivity contribution >= 4 is 49.8 Å². The number of benzene rings is 7. The highest BCUT2D eigenvalue weighted by atomic mass is 16.3. The number of nitrogens with zero attached hydrogens (tertiary/aromatic N) is 1. The number of para-hydroxylation sites is 1. The van der Waals surface area contributed by atoms with Crippen LogP contribution < -0.4 is 4.90 Å². The molecule has 0 radical (unpaired) electrons. The minimum Gasteiger partial charge on any atom is -0.456 e. The first-order valence-electron chi connectivity index (χ1n) is 15.6. The highest BCUT2D eigenvalue weighted by Crippen LogP contribution is 2.50. The summed E-state index contributed by atoms with van der Waals surface area (Å²) in [6, 6.07) is 54.7. The van der Waals surface area contributed by atoms with Crippen molar-refractivity contribution in [3.63, 3.8) is 0 Å². The number of anilines is 3. The Bertz CT molecular complexity index is 2400. The molecule has 1 aliphatic rings. The number of fused-ring (bicyclic) bond motifs is 7. The van der Waals surface area contributed by atoms with E-state index >= 15 is 0 Å². The molecular weight excluding hydrogens is 546 g/mol. The molecule has 1 aliphatic carbocycles. The minimum atomic E-state index is -0.0462. The van der Waals surface area contributed by atoms with Crippen molar-refractivity contribution in [1.82, 2.24) is 0 Å². The summed E-state index contributed by atoms with van der Waals surface area (Å²) in [7, 11) is 0. The fourth-order valence-corrected chi connectivity index (χ4v) is 7.31. The van der Waals surface area contributed by atoms with Gasteiger partial charge in [0.15, 0.2) is 0 Å². The molecule has 8 aromatic rings. The molecule has 0 bridgehead atoms. The van der Waals surface area contributed by atoms with Crippen LogP contribution in [0.3, 0.4) is 0 Å². The molecule has 2 nitrogen and oxygen atoms in total. The van der Waals surface area contributed by atoms with Gasteiger partial charge in [0.05, 0.1) is 0 Å². The Morgan fingerprint density at radius 1 is 0.444 bits per heavy atom. The van der Waals surface area contributed by atoms with Gasteiger partial charge in [-0.15, -0.1) is 0 Å². The standard InChI is InChI=1S/C43H31NO/c1-43(2)39-14-8-6-12-35(39)38-25-30-18-21-33(24-31(30)26-40(38)43)44(32-19-16-29(17-20-32)28-10-4-3-5-11-28)34-22-23-37-36-13-7-9-15-41(36)45-42(37)27-34/h3-27H,1-2H3. The van der Waals surface area contributed by atoms with Crippen molar-refractivity contribution < 1.29 is 4.42 Å². The third-order valence-corrected chi connectivity index (χ3v) is 9.64. The molecule has 0 N–H and O–H groups in total. The SMILES string of the molecule is CC1(C)c2ccccc2-c2cc3ccc(N(c4ccc(-c5ccccc5)cc4)c4ccc5c(c4)oc4ccccc45)cc3cc21. The normalized spacial score (nSPS) is 13.3. The zero-order valence-corrected chi connectivity index (χ0v) is 25.3. The maximum Gasteiger partial charge on any atom is 0.137 e. The highest BCUT2D eigenvalue weighted by molar-refractivity contribution is 6.06. The van der Waals surface area contributed by atoms with E-state index in [0.717, 1.165) is 39.0 Å². The number of rotatable bonds is 4. The van der Waals surface area contributed by atoms with Crippen LogP contribution >= 0.6 is 0 Å². The van der Waals surface area contributed by atoms with Gasteiger partial charge < -0.3 is 9.32 Å². The summed E-state index contributed by atoms with van der Waals surface area (Å²) in [5, 5.41) is 4.76. The molecule has 0 atom stereocenters. The van der Waals surface area contributed by atoms with Gasteiger partial charge in [-0.2, -0.15) is 0 Å². The lowest BCUT2D eigenvalue weighted by atomic mass is 9.82. The third kappa shape index (κ3) is 4.03. The number of hydrogen-bond acceptors (Lipinski definition) is 2. The first-order chi connectivity index (χ1) is 22.0. The second-order valence-corrected chi connectivity index (χ2v) is 12.6. The van der Waals surface area contributed by atoms with Gasteiger partial charge in [-0.05, 0) is 98.8 Å². The lowest BCUT2D eigenvalue weighted by Gasteiger charge is -2.26. The maximum absolute atomic E-state index is 6.34. The molecule has 45 heavy (non-hydrogen) atoms. The van der Waals surface area contributed by atoms with E-state index in [2.05, 4.69) is 158 Å². The Labute approximate surface area is 262 Å². The molecule has 9 rings (SSSR count). The first kappa shape index (κ1) is 25.9. The first-order valence-corrected chi connectivity index (χ1v) is 15.6. The fourth-order valence-electron chi connectivity index (χ4n) is 7.31. The van der Waals surface area contributed by atoms with Gasteiger partial charge >= 0.3 is 0 Å². The molecule has 0 aliphatic heterocycles. The molecule has 7 aromatic carbocycles. The van der Waals surface area contributed by atoms with Gasteiger partial charge in [0.1, 0.15) is 11.2 Å². The van der Waals surface area contributed by atoms with Gasteiger partial charge in [0.25, 0.3) is 0 Å². The molecule has 0 amide bonds. The lowest BCUT2D eigenvalue weighted by Crippen LogP contribution is -2.14. The van der Waals surface area contributed by atoms with E-state index < -0.39 is 0 Å². The van der Waals surface area contributed by atoms with Crippen LogP contribution in [0.1, 0.15) is 25.0 Å². The predicted octanol–water partition coefficient (Wildman–Crippen LogP) is 12.2. The number of hydrogen-bond donors (Lipinski definition) is 0. The Kier molecular flexibility index (Phi) is 5.58. The Morgan fingerprint density at radius 3 is 1.98 bits per heavy atom. The fraction of sp³-hybridized carbons (Fsp3) is 0.0698. The Hall–Kier alpha value is -5.60. The molecule has 0 fully saturated rings. The van der Waals surface area contributed by atoms with Crippen molar-refractivity contribution in [2.45, 2.75) is 19.3 Å². The minimum absolute atomic E-state index is 0.0462. The van der Waals surface area contributed by atoms with E-state index in [1.165, 1.54) is 44.2 Å². The van der Waals surface area contributed by atoms with E-state index in [9.17, 15) is 0 Å². The van der Waals surface area contributed by atoms with Crippen LogP contribution in [0.2, 0.25) is 0 Å². The Balaban J connectivity index is 1.21. The molecule has 0 saturated heterocycles. The van der Waals surface area contributed by atoms with Crippen molar-refractivity contribution in [2.24, 2.45) is 0 Å². The molecule has 1 aromatic heterocycles. The molecule has 0 spiro atoms. The summed E-state index contributed by atoms with van der Waals surface area (Å²) in [5.41, 5.74) is 12.9. The van der Waals surface area contributed by atoms with Gasteiger partial charge in [0, 0.05) is 39.3 Å². The highest BCUT2D eigenvalue weighted by Gasteiger charge is 2.35. The van der Waals surface area contributed by atoms with E-state index in [1.54, 1.807) is 0 Å². The maximum atomic E-state index is 6.34. The van der Waals surface area contributed by atoms with E-state index in [4.69, 9.17) is 4.42 Å². The summed E-state index contributed by atoms with van der Waals surface area (Å²) in [5.74, 6) is 0. The number of furan rings is 1. The third-order valence-electron chi connectivity index (χ3n) is 9.64. The second kappa shape index (κ2) is 9.70. The summed E-state index contributed by atoms with van der Waals surface area (Å²) < 4.78 is 6.34. The van der Waals surface area contributed by atoms with Gasteiger partial charge in [-0.3, -0.25) is 0 Å². The second-order valence-electron chi connectivity index (χ2n) is 12.6. The summed E-state index contributed by atoms with van der Waals surface area (Å²) in [6.07, 6.45) is 0. The zero-order valence-electron chi connectivity index (χ0n) is 25.3. The van der Waals surface area contributed by atoms with Gasteiger partial charge in [0.2, 0.25) is 0 Å². The lowest BCUT2D eigenvalue weighted by molar-refractivity contribution is 0.661. The van der Waals surface area contributed by atoms with Crippen molar-refractivity contribution in [3.8, 4) is 22.3 Å². The quantitative estimate of drug-likeness (QED) is 0.207. The molecule has 2 heteroatoms. The molecule has 0 saturated carbocycles. The monoisotopic (exact) mass is 577 g/mol. The van der Waals surface area contributed by atoms with Gasteiger partial charge in [-0.1, -0.05) is 105 Å². The average Bonchev–Trinajstić information content (AvgIpc) is 3.56. The summed E-state index contributed by atoms with van der Waals surface area (Å²) in [6.45, 7) is 4.69. The van der Waals surface area contributed by atoms with E-state index in [1.807, 2.05) is 12.1 Å². The molecule has 214 valence electrons. The largest absolute Gasteiger partial charge is 0.456 e. The topological polar surface area (TPSA) is 16.4 Å². The van der Waals surface area contributed by atoms with Crippen LogP contribution in [-0.2, 0) is 5.41 Å². The van der Waals surface area contributed by atoms with Crippen molar-refractivity contribution in [3.05, 3.63) is 163 Å². The zero-order chi connectivity index (χ0) is 30.1. The smallest absolute Gasteiger partial charge is 0.137 e. The van der Waals surface area contributed by atoms with Crippen LogP contribution in [-0.4, -0.2) is 0 Å². The van der Waals surface area contributed by atoms with Crippen LogP contribution in [0.4, 0.5) is 17.1 Å². The van der Waals surface area contributed by atoms with Gasteiger partial charge in [-0.25, -0.2) is 0 Å². The van der Waals surface area contributed by atoms with Crippen LogP contribution in [0.5, 0.6) is 0 Å². The van der Waals surface area contributed by atoms with E-state index in [-0.39, 0.29) is 5.41 Å². The van der Waals surface area contributed by atoms with Crippen LogP contribution in [0, 0.1) is 0 Å². The Morgan fingerprint density at radius 2 is 1.11 bits per heavy atom. The average molecular weight is 578 g/mol. The summed E-state index contributed by atoms with van der Waals surface area (Å²) >= 11 is 0. The van der Waals surface area contributed by atoms with Crippen LogP contribution in [0.15, 0.2) is 156 Å². The summed E-state index contributed by atoms with van der Waals surface area (Å²) in [4.78, 5) is 2.34. The van der Waals surface area contributed by atoms with E-state index in [0.29, 0.717) is 0 Å².